The van der Waals surface area contributed by atoms with Crippen LogP contribution in [0.3, 0.4) is 0 Å². The van der Waals surface area contributed by atoms with E-state index in [1.54, 1.807) is 4.90 Å². The molecule has 2 N–H and O–H groups in total. The lowest BCUT2D eigenvalue weighted by molar-refractivity contribution is -0.301. The summed E-state index contributed by atoms with van der Waals surface area (Å²) in [4.78, 5) is 14.2. The number of hydrogen-bond donors (Lipinski definition) is 2. The van der Waals surface area contributed by atoms with Crippen molar-refractivity contribution in [3.05, 3.63) is 0 Å². The summed E-state index contributed by atoms with van der Waals surface area (Å²) in [6.45, 7) is 2.44. The number of hydrogen-bond acceptors (Lipinski definition) is 3. The molecule has 0 spiro atoms. The number of nitrogens with zero attached hydrogens (tertiary/aromatic N) is 1. The second-order valence-corrected chi connectivity index (χ2v) is 7.48. The summed E-state index contributed by atoms with van der Waals surface area (Å²) < 4.78 is 0. The molecular formula is C14H17NO3. The van der Waals surface area contributed by atoms with E-state index in [2.05, 4.69) is 0 Å². The van der Waals surface area contributed by atoms with Crippen molar-refractivity contribution in [3.8, 4) is 0 Å². The molecule has 4 heteroatoms. The van der Waals surface area contributed by atoms with E-state index in [1.807, 2.05) is 6.92 Å². The van der Waals surface area contributed by atoms with Gasteiger partial charge in [-0.2, -0.15) is 0 Å². The normalized spacial score (nSPS) is 75.9. The van der Waals surface area contributed by atoms with Gasteiger partial charge < -0.3 is 15.1 Å². The van der Waals surface area contributed by atoms with Crippen molar-refractivity contribution in [2.45, 2.75) is 24.7 Å². The highest BCUT2D eigenvalue weighted by Gasteiger charge is 2.96. The maximum absolute atomic E-state index is 12.6. The molecule has 96 valence electrons. The minimum atomic E-state index is -1.10. The van der Waals surface area contributed by atoms with Gasteiger partial charge in [0.2, 0.25) is 0 Å². The number of carbonyl (C=O) groups is 1. The van der Waals surface area contributed by atoms with Crippen LogP contribution in [0.1, 0.15) is 13.3 Å². The Morgan fingerprint density at radius 3 is 2.56 bits per heavy atom. The number of fused-ring (bicyclic) bond motifs is 1. The van der Waals surface area contributed by atoms with E-state index in [-0.39, 0.29) is 29.6 Å². The van der Waals surface area contributed by atoms with Crippen LogP contribution in [-0.4, -0.2) is 38.9 Å². The van der Waals surface area contributed by atoms with Gasteiger partial charge in [0, 0.05) is 30.2 Å². The van der Waals surface area contributed by atoms with Crippen molar-refractivity contribution in [1.82, 2.24) is 4.90 Å². The van der Waals surface area contributed by atoms with Crippen molar-refractivity contribution in [2.75, 3.05) is 6.54 Å². The Hall–Kier alpha value is -0.610. The minimum Gasteiger partial charge on any atom is -0.379 e. The Morgan fingerprint density at radius 1 is 1.17 bits per heavy atom. The zero-order valence-electron chi connectivity index (χ0n) is 10.3. The van der Waals surface area contributed by atoms with Gasteiger partial charge in [-0.15, -0.1) is 0 Å². The molecule has 7 rings (SSSR count). The van der Waals surface area contributed by atoms with E-state index >= 15 is 0 Å². The molecular weight excluding hydrogens is 230 g/mol. The highest BCUT2D eigenvalue weighted by Crippen LogP contribution is 2.89. The fourth-order valence-corrected chi connectivity index (χ4v) is 8.01. The van der Waals surface area contributed by atoms with E-state index in [0.29, 0.717) is 30.2 Å². The molecule has 10 atom stereocenters. The molecule has 0 aromatic heterocycles. The van der Waals surface area contributed by atoms with Gasteiger partial charge in [0.25, 0.3) is 5.91 Å². The molecule has 2 aliphatic heterocycles. The lowest BCUT2D eigenvalue weighted by Crippen LogP contribution is -2.80. The predicted octanol–water partition coefficient (Wildman–Crippen LogP) is -0.344. The van der Waals surface area contributed by atoms with E-state index < -0.39 is 11.3 Å². The second kappa shape index (κ2) is 2.06. The average molecular weight is 247 g/mol. The molecule has 18 heavy (non-hydrogen) atoms. The molecule has 0 radical (unpaired) electrons. The van der Waals surface area contributed by atoms with Crippen LogP contribution in [0, 0.1) is 47.3 Å². The fourth-order valence-electron chi connectivity index (χ4n) is 8.01. The molecule has 7 fully saturated rings. The number of rotatable bonds is 1. The van der Waals surface area contributed by atoms with Crippen molar-refractivity contribution in [2.24, 2.45) is 47.3 Å². The van der Waals surface area contributed by atoms with Gasteiger partial charge in [0.1, 0.15) is 11.3 Å². The summed E-state index contributed by atoms with van der Waals surface area (Å²) in [5.41, 5.74) is -2.00. The number of amides is 1. The monoisotopic (exact) mass is 247 g/mol. The molecule has 5 aliphatic carbocycles. The van der Waals surface area contributed by atoms with Crippen molar-refractivity contribution < 1.29 is 15.0 Å². The molecule has 4 nitrogen and oxygen atoms in total. The van der Waals surface area contributed by atoms with Gasteiger partial charge in [-0.25, -0.2) is 0 Å². The maximum Gasteiger partial charge on any atom is 0.257 e. The van der Waals surface area contributed by atoms with Crippen LogP contribution in [-0.2, 0) is 4.79 Å². The van der Waals surface area contributed by atoms with E-state index in [0.717, 1.165) is 6.42 Å². The van der Waals surface area contributed by atoms with E-state index in [9.17, 15) is 15.0 Å². The second-order valence-electron chi connectivity index (χ2n) is 7.48. The van der Waals surface area contributed by atoms with Crippen molar-refractivity contribution in [3.63, 3.8) is 0 Å². The average Bonchev–Trinajstić information content (AvgIpc) is 2.80. The lowest BCUT2D eigenvalue weighted by atomic mass is 9.50. The Kier molecular flexibility index (Phi) is 1.07. The first-order chi connectivity index (χ1) is 8.57. The zero-order chi connectivity index (χ0) is 12.2. The van der Waals surface area contributed by atoms with Gasteiger partial charge in [-0.05, 0) is 37.0 Å². The van der Waals surface area contributed by atoms with Crippen LogP contribution in [0.5, 0.6) is 0 Å². The first-order valence-electron chi connectivity index (χ1n) is 7.34. The molecule has 0 aromatic rings. The smallest absolute Gasteiger partial charge is 0.257 e. The molecule has 0 aromatic carbocycles. The Labute approximate surface area is 105 Å². The number of carbonyl (C=O) groups excluding carboxylic acids is 1. The first-order valence-corrected chi connectivity index (χ1v) is 7.34. The molecule has 5 saturated carbocycles. The van der Waals surface area contributed by atoms with Crippen LogP contribution in [0.15, 0.2) is 0 Å². The Balaban J connectivity index is 1.72. The summed E-state index contributed by atoms with van der Waals surface area (Å²) in [7, 11) is 0. The van der Waals surface area contributed by atoms with Crippen LogP contribution >= 0.6 is 0 Å². The van der Waals surface area contributed by atoms with Crippen LogP contribution < -0.4 is 0 Å². The molecule has 10 unspecified atom stereocenters. The highest BCUT2D eigenvalue weighted by molar-refractivity contribution is 5.91. The third-order valence-corrected chi connectivity index (χ3v) is 7.84. The van der Waals surface area contributed by atoms with Gasteiger partial charge in [-0.3, -0.25) is 4.79 Å². The van der Waals surface area contributed by atoms with Gasteiger partial charge in [-0.1, -0.05) is 0 Å². The quantitative estimate of drug-likeness (QED) is 0.666. The van der Waals surface area contributed by atoms with Crippen LogP contribution in [0.2, 0.25) is 0 Å². The third kappa shape index (κ3) is 0.481. The SMILES string of the molecule is CCN1C(=O)C2(O)C3C4CC5C6C4C2C6C1(O)C53. The fraction of sp³-hybridized carbons (Fsp3) is 0.929. The largest absolute Gasteiger partial charge is 0.379 e. The van der Waals surface area contributed by atoms with Crippen LogP contribution in [0.4, 0.5) is 0 Å². The predicted molar refractivity (Wildman–Crippen MR) is 59.8 cm³/mol. The first kappa shape index (κ1) is 9.32. The minimum absolute atomic E-state index is 0.0767. The number of piperidine rings is 2. The lowest BCUT2D eigenvalue weighted by Gasteiger charge is -2.65. The van der Waals surface area contributed by atoms with Crippen molar-refractivity contribution >= 4 is 5.91 Å². The van der Waals surface area contributed by atoms with E-state index in [4.69, 9.17) is 0 Å². The van der Waals surface area contributed by atoms with E-state index in [1.165, 1.54) is 0 Å². The molecule has 7 aliphatic rings. The standard InChI is InChI=1S/C14H17NO3/c1-2-15-12(16)13(17)8-4-3-5-7-6(4)10(13)11(7)14(15,18)9(5)8/h4-11,17-18H,2-3H2,1H3. The summed E-state index contributed by atoms with van der Waals surface area (Å²) in [5.74, 6) is 2.66. The van der Waals surface area contributed by atoms with Gasteiger partial charge in [0.05, 0.1) is 0 Å². The van der Waals surface area contributed by atoms with Crippen LogP contribution in [0.25, 0.3) is 0 Å². The van der Waals surface area contributed by atoms with Crippen molar-refractivity contribution in [1.29, 1.82) is 0 Å². The number of aliphatic hydroxyl groups is 2. The zero-order valence-corrected chi connectivity index (χ0v) is 10.3. The summed E-state index contributed by atoms with van der Waals surface area (Å²) in [5, 5.41) is 22.3. The highest BCUT2D eigenvalue weighted by atomic mass is 16.3. The Morgan fingerprint density at radius 2 is 1.83 bits per heavy atom. The topological polar surface area (TPSA) is 60.8 Å². The summed E-state index contributed by atoms with van der Waals surface area (Å²) >= 11 is 0. The Bertz CT molecular complexity index is 535. The number of likely N-dealkylation sites (N-methyl/N-ethyl adjacent to an activating group) is 1. The molecule has 4 bridgehead atoms. The molecule has 1 amide bonds. The third-order valence-electron chi connectivity index (χ3n) is 7.84. The molecule has 2 heterocycles. The van der Waals surface area contributed by atoms with Gasteiger partial charge >= 0.3 is 0 Å². The summed E-state index contributed by atoms with van der Waals surface area (Å²) in [6.07, 6.45) is 1.16. The summed E-state index contributed by atoms with van der Waals surface area (Å²) in [6, 6.07) is 0. The molecule has 2 saturated heterocycles. The van der Waals surface area contributed by atoms with Gasteiger partial charge in [0.15, 0.2) is 0 Å². The maximum atomic E-state index is 12.6.